The van der Waals surface area contributed by atoms with E-state index < -0.39 is 14.9 Å². The van der Waals surface area contributed by atoms with Gasteiger partial charge in [-0.1, -0.05) is 23.2 Å². The molecule has 0 saturated carbocycles. The number of hydrogen-bond acceptors (Lipinski definition) is 4. The molecule has 6 nitrogen and oxygen atoms in total. The van der Waals surface area contributed by atoms with Gasteiger partial charge in [0.2, 0.25) is 0 Å². The molecule has 0 heterocycles. The SMILES string of the molecule is O=[N+]([O-])c1ccc(Cl)c(S(=O)(=O)Nc2ccc(Cl)cc2)c1. The number of nitro groups is 1. The van der Waals surface area contributed by atoms with Crippen molar-refractivity contribution >= 4 is 44.6 Å². The molecule has 0 amide bonds. The van der Waals surface area contributed by atoms with Gasteiger partial charge in [-0.2, -0.15) is 0 Å². The molecule has 0 spiro atoms. The highest BCUT2D eigenvalue weighted by Gasteiger charge is 2.21. The third-order valence-corrected chi connectivity index (χ3v) is 4.63. The van der Waals surface area contributed by atoms with E-state index in [0.717, 1.165) is 18.2 Å². The van der Waals surface area contributed by atoms with Gasteiger partial charge < -0.3 is 0 Å². The molecule has 0 aromatic heterocycles. The minimum atomic E-state index is -4.04. The van der Waals surface area contributed by atoms with Gasteiger partial charge in [0, 0.05) is 22.8 Å². The lowest BCUT2D eigenvalue weighted by atomic mass is 10.3. The van der Waals surface area contributed by atoms with Gasteiger partial charge in [-0.15, -0.1) is 0 Å². The number of non-ortho nitro benzene ring substituents is 1. The average molecular weight is 347 g/mol. The van der Waals surface area contributed by atoms with Crippen LogP contribution in [0.3, 0.4) is 0 Å². The van der Waals surface area contributed by atoms with E-state index in [2.05, 4.69) is 4.72 Å². The zero-order chi connectivity index (χ0) is 15.6. The van der Waals surface area contributed by atoms with E-state index in [0.29, 0.717) is 5.02 Å². The molecule has 9 heteroatoms. The fourth-order valence-electron chi connectivity index (χ4n) is 1.54. The van der Waals surface area contributed by atoms with E-state index in [1.807, 2.05) is 0 Å². The monoisotopic (exact) mass is 346 g/mol. The van der Waals surface area contributed by atoms with Crippen LogP contribution in [0.2, 0.25) is 10.0 Å². The van der Waals surface area contributed by atoms with E-state index >= 15 is 0 Å². The van der Waals surface area contributed by atoms with Crippen molar-refractivity contribution in [2.45, 2.75) is 4.90 Å². The maximum absolute atomic E-state index is 12.2. The van der Waals surface area contributed by atoms with Crippen molar-refractivity contribution in [3.8, 4) is 0 Å². The van der Waals surface area contributed by atoms with Gasteiger partial charge in [-0.3, -0.25) is 14.8 Å². The Balaban J connectivity index is 2.41. The highest BCUT2D eigenvalue weighted by molar-refractivity contribution is 7.92. The number of nitrogens with zero attached hydrogens (tertiary/aromatic N) is 1. The lowest BCUT2D eigenvalue weighted by Crippen LogP contribution is -2.13. The molecule has 0 unspecified atom stereocenters. The normalized spacial score (nSPS) is 11.1. The Kier molecular flexibility index (Phi) is 4.36. The van der Waals surface area contributed by atoms with Crippen LogP contribution in [0.25, 0.3) is 0 Å². The minimum absolute atomic E-state index is 0.109. The zero-order valence-electron chi connectivity index (χ0n) is 10.3. The Labute approximate surface area is 130 Å². The van der Waals surface area contributed by atoms with Gasteiger partial charge in [0.1, 0.15) is 4.90 Å². The van der Waals surface area contributed by atoms with Crippen molar-refractivity contribution in [1.82, 2.24) is 0 Å². The summed E-state index contributed by atoms with van der Waals surface area (Å²) >= 11 is 11.5. The summed E-state index contributed by atoms with van der Waals surface area (Å²) < 4.78 is 26.7. The van der Waals surface area contributed by atoms with Crippen LogP contribution in [0, 0.1) is 10.1 Å². The lowest BCUT2D eigenvalue weighted by Gasteiger charge is -2.09. The van der Waals surface area contributed by atoms with Crippen LogP contribution >= 0.6 is 23.2 Å². The van der Waals surface area contributed by atoms with Gasteiger partial charge in [0.05, 0.1) is 9.95 Å². The first-order valence-electron chi connectivity index (χ1n) is 5.52. The van der Waals surface area contributed by atoms with Crippen LogP contribution in [0.4, 0.5) is 11.4 Å². The second-order valence-corrected chi connectivity index (χ2v) is 6.48. The predicted molar refractivity (Wildman–Crippen MR) is 80.4 cm³/mol. The topological polar surface area (TPSA) is 89.3 Å². The van der Waals surface area contributed by atoms with Gasteiger partial charge in [0.15, 0.2) is 0 Å². The zero-order valence-corrected chi connectivity index (χ0v) is 12.6. The first-order valence-corrected chi connectivity index (χ1v) is 7.76. The minimum Gasteiger partial charge on any atom is -0.280 e. The molecular weight excluding hydrogens is 339 g/mol. The second kappa shape index (κ2) is 5.88. The average Bonchev–Trinajstić information content (AvgIpc) is 2.41. The molecule has 0 aliphatic carbocycles. The fraction of sp³-hybridized carbons (Fsp3) is 0. The van der Waals surface area contributed by atoms with Crippen molar-refractivity contribution in [2.75, 3.05) is 4.72 Å². The molecular formula is C12H8Cl2N2O4S. The quantitative estimate of drug-likeness (QED) is 0.674. The third-order valence-electron chi connectivity index (χ3n) is 2.51. The van der Waals surface area contributed by atoms with Crippen molar-refractivity contribution in [3.63, 3.8) is 0 Å². The predicted octanol–water partition coefficient (Wildman–Crippen LogP) is 3.70. The van der Waals surface area contributed by atoms with Crippen LogP contribution in [-0.4, -0.2) is 13.3 Å². The number of nitro benzene ring substituents is 1. The van der Waals surface area contributed by atoms with E-state index in [4.69, 9.17) is 23.2 Å². The molecule has 0 saturated heterocycles. The maximum Gasteiger partial charge on any atom is 0.270 e. The van der Waals surface area contributed by atoms with Crippen LogP contribution < -0.4 is 4.72 Å². The van der Waals surface area contributed by atoms with Crippen molar-refractivity contribution in [2.24, 2.45) is 0 Å². The number of nitrogens with one attached hydrogen (secondary N) is 1. The molecule has 1 N–H and O–H groups in total. The molecule has 21 heavy (non-hydrogen) atoms. The number of sulfonamides is 1. The third kappa shape index (κ3) is 3.63. The van der Waals surface area contributed by atoms with Crippen LogP contribution in [0.5, 0.6) is 0 Å². The Morgan fingerprint density at radius 1 is 1.05 bits per heavy atom. The summed E-state index contributed by atoms with van der Waals surface area (Å²) in [6.45, 7) is 0. The van der Waals surface area contributed by atoms with Gasteiger partial charge in [0.25, 0.3) is 15.7 Å². The largest absolute Gasteiger partial charge is 0.280 e. The molecule has 0 fully saturated rings. The summed E-state index contributed by atoms with van der Waals surface area (Å²) in [7, 11) is -4.04. The van der Waals surface area contributed by atoms with E-state index in [-0.39, 0.29) is 21.3 Å². The Hall–Kier alpha value is -1.83. The van der Waals surface area contributed by atoms with Crippen LogP contribution in [-0.2, 0) is 10.0 Å². The molecule has 0 aliphatic rings. The fourth-order valence-corrected chi connectivity index (χ4v) is 3.24. The number of anilines is 1. The number of rotatable bonds is 4. The highest BCUT2D eigenvalue weighted by atomic mass is 35.5. The van der Waals surface area contributed by atoms with Crippen molar-refractivity contribution in [3.05, 3.63) is 62.6 Å². The van der Waals surface area contributed by atoms with Gasteiger partial charge in [-0.25, -0.2) is 8.42 Å². The van der Waals surface area contributed by atoms with E-state index in [1.54, 1.807) is 0 Å². The molecule has 0 bridgehead atoms. The first kappa shape index (κ1) is 15.6. The molecule has 0 atom stereocenters. The van der Waals surface area contributed by atoms with E-state index in [1.165, 1.54) is 24.3 Å². The number of halogens is 2. The maximum atomic E-state index is 12.2. The smallest absolute Gasteiger partial charge is 0.270 e. The molecule has 2 aromatic carbocycles. The number of benzene rings is 2. The first-order chi connectivity index (χ1) is 9.79. The standard InChI is InChI=1S/C12H8Cl2N2O4S/c13-8-1-3-9(4-2-8)15-21(19,20)12-7-10(16(17)18)5-6-11(12)14/h1-7,15H. The summed E-state index contributed by atoms with van der Waals surface area (Å²) in [5.41, 5.74) is -0.0992. The Morgan fingerprint density at radius 2 is 1.67 bits per heavy atom. The van der Waals surface area contributed by atoms with Gasteiger partial charge >= 0.3 is 0 Å². The molecule has 2 aromatic rings. The highest BCUT2D eigenvalue weighted by Crippen LogP contribution is 2.28. The Morgan fingerprint density at radius 3 is 2.24 bits per heavy atom. The summed E-state index contributed by atoms with van der Waals surface area (Å²) in [5, 5.41) is 11.1. The lowest BCUT2D eigenvalue weighted by molar-refractivity contribution is -0.385. The molecule has 0 radical (unpaired) electrons. The summed E-state index contributed by atoms with van der Waals surface area (Å²) in [6.07, 6.45) is 0. The molecule has 110 valence electrons. The molecule has 2 rings (SSSR count). The van der Waals surface area contributed by atoms with Crippen molar-refractivity contribution in [1.29, 1.82) is 0 Å². The van der Waals surface area contributed by atoms with E-state index in [9.17, 15) is 18.5 Å². The molecule has 0 aliphatic heterocycles. The number of hydrogen-bond donors (Lipinski definition) is 1. The Bertz CT molecular complexity index is 791. The van der Waals surface area contributed by atoms with Crippen molar-refractivity contribution < 1.29 is 13.3 Å². The summed E-state index contributed by atoms with van der Waals surface area (Å²) in [4.78, 5) is 9.66. The van der Waals surface area contributed by atoms with Gasteiger partial charge in [-0.05, 0) is 30.3 Å². The second-order valence-electron chi connectivity index (χ2n) is 3.98. The van der Waals surface area contributed by atoms with Crippen LogP contribution in [0.1, 0.15) is 0 Å². The van der Waals surface area contributed by atoms with Crippen LogP contribution in [0.15, 0.2) is 47.4 Å². The summed E-state index contributed by atoms with van der Waals surface area (Å²) in [6, 6.07) is 9.14. The summed E-state index contributed by atoms with van der Waals surface area (Å²) in [5.74, 6) is 0.